The molecule has 2 N–H and O–H groups in total. The first kappa shape index (κ1) is 18.7. The highest BCUT2D eigenvalue weighted by Gasteiger charge is 2.37. The number of nitrogens with one attached hydrogen (secondary N) is 1. The average molecular weight is 381 g/mol. The number of amides is 1. The maximum absolute atomic E-state index is 12.7. The molecule has 7 heteroatoms. The van der Waals surface area contributed by atoms with Crippen molar-refractivity contribution in [2.75, 3.05) is 0 Å². The Labute approximate surface area is 164 Å². The summed E-state index contributed by atoms with van der Waals surface area (Å²) < 4.78 is 3.94. The van der Waals surface area contributed by atoms with Gasteiger partial charge in [0.05, 0.1) is 29.2 Å². The van der Waals surface area contributed by atoms with E-state index < -0.39 is 6.10 Å². The van der Waals surface area contributed by atoms with Gasteiger partial charge in [0.25, 0.3) is 0 Å². The van der Waals surface area contributed by atoms with Gasteiger partial charge in [-0.25, -0.2) is 9.97 Å². The van der Waals surface area contributed by atoms with Crippen molar-refractivity contribution in [3.05, 3.63) is 47.3 Å². The van der Waals surface area contributed by atoms with Crippen LogP contribution in [0.15, 0.2) is 24.5 Å². The number of nitrogens with zero attached hydrogens (tertiary/aromatic N) is 4. The lowest BCUT2D eigenvalue weighted by Crippen LogP contribution is -2.43. The molecule has 0 saturated heterocycles. The first-order valence-corrected chi connectivity index (χ1v) is 9.76. The quantitative estimate of drug-likeness (QED) is 0.726. The largest absolute Gasteiger partial charge is 0.389 e. The van der Waals surface area contributed by atoms with Gasteiger partial charge in [0.1, 0.15) is 18.2 Å². The van der Waals surface area contributed by atoms with E-state index in [0.717, 1.165) is 35.5 Å². The number of carbonyl (C=O) groups is 1. The highest BCUT2D eigenvalue weighted by molar-refractivity contribution is 5.82. The Balaban J connectivity index is 1.48. The Bertz CT molecular complexity index is 1040. The highest BCUT2D eigenvalue weighted by Crippen LogP contribution is 2.31. The van der Waals surface area contributed by atoms with E-state index in [1.807, 2.05) is 29.2 Å². The Hall–Kier alpha value is -2.67. The van der Waals surface area contributed by atoms with Gasteiger partial charge in [-0.2, -0.15) is 0 Å². The third-order valence-corrected chi connectivity index (χ3v) is 6.00. The molecule has 1 aromatic carbocycles. The molecule has 2 aromatic heterocycles. The number of hydrogen-bond donors (Lipinski definition) is 2. The van der Waals surface area contributed by atoms with E-state index in [0.29, 0.717) is 0 Å². The van der Waals surface area contributed by atoms with Crippen LogP contribution in [0.2, 0.25) is 0 Å². The first-order valence-electron chi connectivity index (χ1n) is 9.76. The van der Waals surface area contributed by atoms with E-state index in [2.05, 4.69) is 41.3 Å². The summed E-state index contributed by atoms with van der Waals surface area (Å²) in [6.45, 7) is 8.17. The lowest BCUT2D eigenvalue weighted by Gasteiger charge is -2.22. The molecule has 0 radical (unpaired) electrons. The number of hydrogen-bond acceptors (Lipinski definition) is 4. The van der Waals surface area contributed by atoms with Crippen molar-refractivity contribution >= 4 is 16.9 Å². The van der Waals surface area contributed by atoms with Crippen LogP contribution in [0.3, 0.4) is 0 Å². The number of rotatable bonds is 4. The SMILES string of the molecule is Cc1cc2nc(C)n(CC(=O)N[C@@H]3CC[C@@H](n4ccnc4C)[C@@H]3O)c2cc1C. The number of aromatic nitrogens is 4. The Kier molecular flexibility index (Phi) is 4.71. The zero-order valence-electron chi connectivity index (χ0n) is 16.8. The molecule has 4 rings (SSSR count). The van der Waals surface area contributed by atoms with Gasteiger partial charge in [0.15, 0.2) is 0 Å². The predicted molar refractivity (Wildman–Crippen MR) is 107 cm³/mol. The van der Waals surface area contributed by atoms with E-state index >= 15 is 0 Å². The van der Waals surface area contributed by atoms with E-state index in [-0.39, 0.29) is 24.5 Å². The summed E-state index contributed by atoms with van der Waals surface area (Å²) in [5.74, 6) is 1.59. The molecule has 148 valence electrons. The molecule has 3 aromatic rings. The molecule has 7 nitrogen and oxygen atoms in total. The number of benzene rings is 1. The summed E-state index contributed by atoms with van der Waals surface area (Å²) in [4.78, 5) is 21.6. The fourth-order valence-electron chi connectivity index (χ4n) is 4.26. The molecule has 0 bridgehead atoms. The second-order valence-corrected chi connectivity index (χ2v) is 7.86. The van der Waals surface area contributed by atoms with Crippen LogP contribution in [0, 0.1) is 27.7 Å². The van der Waals surface area contributed by atoms with E-state index in [1.165, 1.54) is 11.1 Å². The average Bonchev–Trinajstić information content (AvgIpc) is 3.29. The van der Waals surface area contributed by atoms with Gasteiger partial charge in [0, 0.05) is 12.4 Å². The molecule has 28 heavy (non-hydrogen) atoms. The lowest BCUT2D eigenvalue weighted by atomic mass is 10.1. The molecule has 1 fully saturated rings. The molecule has 1 aliphatic carbocycles. The van der Waals surface area contributed by atoms with Crippen molar-refractivity contribution < 1.29 is 9.90 Å². The topological polar surface area (TPSA) is 85.0 Å². The highest BCUT2D eigenvalue weighted by atomic mass is 16.3. The summed E-state index contributed by atoms with van der Waals surface area (Å²) in [5.41, 5.74) is 4.25. The smallest absolute Gasteiger partial charge is 0.240 e. The summed E-state index contributed by atoms with van der Waals surface area (Å²) in [7, 11) is 0. The number of aliphatic hydroxyl groups excluding tert-OH is 1. The molecule has 0 spiro atoms. The van der Waals surface area contributed by atoms with Crippen LogP contribution in [0.1, 0.15) is 41.7 Å². The lowest BCUT2D eigenvalue weighted by molar-refractivity contribution is -0.123. The minimum Gasteiger partial charge on any atom is -0.389 e. The molecule has 1 aliphatic rings. The Morgan fingerprint density at radius 2 is 1.93 bits per heavy atom. The Morgan fingerprint density at radius 3 is 2.64 bits per heavy atom. The number of aryl methyl sites for hydroxylation is 4. The number of fused-ring (bicyclic) bond motifs is 1. The van der Waals surface area contributed by atoms with Crippen LogP contribution < -0.4 is 5.32 Å². The normalized spacial score (nSPS) is 22.1. The van der Waals surface area contributed by atoms with Crippen LogP contribution in [0.4, 0.5) is 0 Å². The minimum absolute atomic E-state index is 0.0470. The second-order valence-electron chi connectivity index (χ2n) is 7.86. The number of aliphatic hydroxyl groups is 1. The standard InChI is InChI=1S/C21H27N5O2/c1-12-9-17-19(10-13(12)2)26(15(4)23-17)11-20(27)24-16-5-6-18(21(16)28)25-8-7-22-14(25)3/h7-10,16,18,21,28H,5-6,11H2,1-4H3,(H,24,27)/t16-,18-,21-/m1/s1. The number of imidazole rings is 2. The van der Waals surface area contributed by atoms with Crippen molar-refractivity contribution in [3.63, 3.8) is 0 Å². The molecule has 2 heterocycles. The molecule has 0 unspecified atom stereocenters. The second kappa shape index (κ2) is 7.05. The number of carbonyl (C=O) groups excluding carboxylic acids is 1. The van der Waals surface area contributed by atoms with Gasteiger partial charge >= 0.3 is 0 Å². The van der Waals surface area contributed by atoms with Crippen LogP contribution in [-0.4, -0.2) is 42.3 Å². The zero-order chi connectivity index (χ0) is 20.0. The summed E-state index contributed by atoms with van der Waals surface area (Å²) in [6.07, 6.45) is 4.57. The van der Waals surface area contributed by atoms with Gasteiger partial charge in [-0.05, 0) is 63.8 Å². The van der Waals surface area contributed by atoms with E-state index in [4.69, 9.17) is 0 Å². The maximum atomic E-state index is 12.7. The van der Waals surface area contributed by atoms with Gasteiger partial charge < -0.3 is 19.6 Å². The first-order chi connectivity index (χ1) is 13.3. The summed E-state index contributed by atoms with van der Waals surface area (Å²) in [5, 5.41) is 13.8. The zero-order valence-corrected chi connectivity index (χ0v) is 16.8. The summed E-state index contributed by atoms with van der Waals surface area (Å²) in [6, 6.07) is 3.85. The van der Waals surface area contributed by atoms with Crippen LogP contribution >= 0.6 is 0 Å². The van der Waals surface area contributed by atoms with Gasteiger partial charge in [-0.1, -0.05) is 0 Å². The molecular formula is C21H27N5O2. The Morgan fingerprint density at radius 1 is 1.18 bits per heavy atom. The van der Waals surface area contributed by atoms with Gasteiger partial charge in [-0.3, -0.25) is 4.79 Å². The van der Waals surface area contributed by atoms with Crippen LogP contribution in [0.25, 0.3) is 11.0 Å². The summed E-state index contributed by atoms with van der Waals surface area (Å²) >= 11 is 0. The molecule has 3 atom stereocenters. The van der Waals surface area contributed by atoms with Crippen molar-refractivity contribution in [3.8, 4) is 0 Å². The fourth-order valence-corrected chi connectivity index (χ4v) is 4.26. The monoisotopic (exact) mass is 381 g/mol. The van der Waals surface area contributed by atoms with Crippen molar-refractivity contribution in [2.45, 2.75) is 65.3 Å². The molecular weight excluding hydrogens is 354 g/mol. The van der Waals surface area contributed by atoms with Gasteiger partial charge in [-0.15, -0.1) is 0 Å². The van der Waals surface area contributed by atoms with Crippen LogP contribution in [0.5, 0.6) is 0 Å². The van der Waals surface area contributed by atoms with E-state index in [1.54, 1.807) is 6.20 Å². The van der Waals surface area contributed by atoms with Crippen molar-refractivity contribution in [1.29, 1.82) is 0 Å². The predicted octanol–water partition coefficient (Wildman–Crippen LogP) is 2.35. The molecule has 1 saturated carbocycles. The van der Waals surface area contributed by atoms with Gasteiger partial charge in [0.2, 0.25) is 5.91 Å². The van der Waals surface area contributed by atoms with E-state index in [9.17, 15) is 9.90 Å². The third kappa shape index (κ3) is 3.20. The van der Waals surface area contributed by atoms with Crippen LogP contribution in [-0.2, 0) is 11.3 Å². The third-order valence-electron chi connectivity index (χ3n) is 6.00. The minimum atomic E-state index is -0.623. The van der Waals surface area contributed by atoms with Crippen molar-refractivity contribution in [1.82, 2.24) is 24.4 Å². The molecule has 0 aliphatic heterocycles. The van der Waals surface area contributed by atoms with Crippen molar-refractivity contribution in [2.24, 2.45) is 0 Å². The fraction of sp³-hybridized carbons (Fsp3) is 0.476. The molecule has 1 amide bonds. The maximum Gasteiger partial charge on any atom is 0.240 e.